The van der Waals surface area contributed by atoms with Gasteiger partial charge in [0.15, 0.2) is 0 Å². The van der Waals surface area contributed by atoms with Gasteiger partial charge < -0.3 is 25.7 Å². The summed E-state index contributed by atoms with van der Waals surface area (Å²) in [5.41, 5.74) is 12.6. The van der Waals surface area contributed by atoms with Crippen LogP contribution >= 0.6 is 0 Å². The molecule has 4 saturated carbocycles. The number of carbonyl (C=O) groups excluding carboxylic acids is 1. The molecule has 0 bridgehead atoms. The van der Waals surface area contributed by atoms with Crippen molar-refractivity contribution in [3.05, 3.63) is 48.5 Å². The Hall–Kier alpha value is -3.24. The van der Waals surface area contributed by atoms with E-state index in [2.05, 4.69) is 18.6 Å². The molecule has 0 radical (unpaired) electrons. The van der Waals surface area contributed by atoms with Gasteiger partial charge in [-0.05, 0) is 122 Å². The molecule has 4 N–H and O–H groups in total. The van der Waals surface area contributed by atoms with E-state index in [1.807, 2.05) is 6.92 Å². The number of ether oxygens (including phenoxy) is 3. The van der Waals surface area contributed by atoms with E-state index in [1.54, 1.807) is 12.1 Å². The highest BCUT2D eigenvalue weighted by molar-refractivity contribution is 5.79. The molecular weight excluding hydrogens is 643 g/mol. The zero-order valence-corrected chi connectivity index (χ0v) is 28.5. The lowest BCUT2D eigenvalue weighted by atomic mass is 9.44. The molecule has 0 saturated heterocycles. The number of carbonyl (C=O) groups is 1. The lowest BCUT2D eigenvalue weighted by Crippen LogP contribution is -2.57. The molecule has 0 aliphatic heterocycles. The number of anilines is 2. The smallest absolute Gasteiger partial charge is 0.443 e. The predicted molar refractivity (Wildman–Crippen MR) is 176 cm³/mol. The average molecular weight is 693 g/mol. The molecule has 4 fully saturated rings. The first kappa shape index (κ1) is 35.6. The summed E-state index contributed by atoms with van der Waals surface area (Å²) >= 11 is 0. The van der Waals surface area contributed by atoms with Gasteiger partial charge in [0.2, 0.25) is 0 Å². The first-order valence-electron chi connectivity index (χ1n) is 17.7. The van der Waals surface area contributed by atoms with E-state index in [9.17, 15) is 26.7 Å². The van der Waals surface area contributed by atoms with Crippen molar-refractivity contribution in [2.24, 2.45) is 46.3 Å². The van der Waals surface area contributed by atoms with E-state index in [-0.39, 0.29) is 40.6 Å². The summed E-state index contributed by atoms with van der Waals surface area (Å²) in [6.45, 7) is 6.73. The average Bonchev–Trinajstić information content (AvgIpc) is 3.37. The van der Waals surface area contributed by atoms with Crippen molar-refractivity contribution in [2.75, 3.05) is 11.5 Å². The van der Waals surface area contributed by atoms with Gasteiger partial charge in [-0.3, -0.25) is 0 Å². The van der Waals surface area contributed by atoms with Gasteiger partial charge in [-0.15, -0.1) is 0 Å². The van der Waals surface area contributed by atoms with Crippen LogP contribution in [0.5, 0.6) is 11.5 Å². The molecule has 2 aromatic carbocycles. The van der Waals surface area contributed by atoms with Crippen LogP contribution in [0.4, 0.5) is 33.3 Å². The molecule has 0 amide bonds. The molecule has 49 heavy (non-hydrogen) atoms. The summed E-state index contributed by atoms with van der Waals surface area (Å²) in [4.78, 5) is 13.9. The highest BCUT2D eigenvalue weighted by Crippen LogP contribution is 2.68. The zero-order valence-electron chi connectivity index (χ0n) is 28.5. The molecule has 0 aromatic heterocycles. The lowest BCUT2D eigenvalue weighted by Gasteiger charge is -2.61. The number of nitrogens with two attached hydrogens (primary N) is 2. The molecule has 270 valence electrons. The Labute approximate surface area is 285 Å². The maximum absolute atomic E-state index is 14.4. The van der Waals surface area contributed by atoms with Crippen molar-refractivity contribution in [3.8, 4) is 11.5 Å². The van der Waals surface area contributed by atoms with Gasteiger partial charge in [-0.2, -0.15) is 22.0 Å². The molecule has 11 heteroatoms. The Bertz CT molecular complexity index is 1470. The molecule has 4 aliphatic rings. The van der Waals surface area contributed by atoms with E-state index in [1.165, 1.54) is 74.9 Å². The molecule has 4 aliphatic carbocycles. The quantitative estimate of drug-likeness (QED) is 0.118. The van der Waals surface area contributed by atoms with Crippen LogP contribution in [0.2, 0.25) is 0 Å². The van der Waals surface area contributed by atoms with Crippen LogP contribution in [0.3, 0.4) is 0 Å². The minimum absolute atomic E-state index is 0.0273. The number of benzene rings is 2. The van der Waals surface area contributed by atoms with E-state index in [0.717, 1.165) is 31.6 Å². The van der Waals surface area contributed by atoms with E-state index in [4.69, 9.17) is 20.9 Å². The fraction of sp³-hybridized carbons (Fsp3) is 0.658. The van der Waals surface area contributed by atoms with Gasteiger partial charge in [0.25, 0.3) is 0 Å². The fourth-order valence-electron chi connectivity index (χ4n) is 10.9. The first-order chi connectivity index (χ1) is 23.0. The van der Waals surface area contributed by atoms with E-state index >= 15 is 0 Å². The molecule has 0 heterocycles. The highest BCUT2D eigenvalue weighted by atomic mass is 19.4. The second-order valence-corrected chi connectivity index (χ2v) is 15.8. The number of fused-ring (bicyclic) bond motifs is 5. The SMILES string of the molecule is C[C@H](CC(Oc1cccc(N)c1)(Oc1cccc(N)c1)C(=O)OC(F)(F)C(F)(F)F)[C@H]1CC[C@H]2[C@@H]3CCC4CCCC[C@]4(C)[C@H]3CC[C@]12C. The normalized spacial score (nSPS) is 32.3. The minimum Gasteiger partial charge on any atom is -0.443 e. The third-order valence-corrected chi connectivity index (χ3v) is 13.1. The largest absolute Gasteiger partial charge is 0.501 e. The Balaban J connectivity index is 1.35. The summed E-state index contributed by atoms with van der Waals surface area (Å²) in [5, 5.41) is 0. The standard InChI is InChI=1S/C38H49F5N2O4/c1-23(30-15-16-31-29-14-13-24-8-4-5-18-34(24,2)32(29)17-19-35(30,31)3)22-36(47-27-11-6-9-25(44)20-27,48-28-12-7-10-26(45)21-28)33(46)49-38(42,43)37(39,40)41/h6-7,9-12,20-21,23-24,29-32H,4-5,8,13-19,22,44-45H2,1-3H3/t23-,24?,29+,30-,31+,32+,34+,35-/m1/s1. The fourth-order valence-corrected chi connectivity index (χ4v) is 10.9. The third-order valence-electron chi connectivity index (χ3n) is 13.1. The Morgan fingerprint density at radius 3 is 2.02 bits per heavy atom. The minimum atomic E-state index is -6.16. The number of alkyl halides is 5. The molecule has 2 aromatic rings. The van der Waals surface area contributed by atoms with Gasteiger partial charge in [0.1, 0.15) is 11.5 Å². The van der Waals surface area contributed by atoms with Gasteiger partial charge in [0.05, 0.1) is 0 Å². The third kappa shape index (κ3) is 6.55. The molecule has 0 spiro atoms. The van der Waals surface area contributed by atoms with Crippen LogP contribution in [0.1, 0.15) is 91.4 Å². The summed E-state index contributed by atoms with van der Waals surface area (Å²) < 4.78 is 85.2. The number of esters is 1. The van der Waals surface area contributed by atoms with Gasteiger partial charge in [-0.1, -0.05) is 45.7 Å². The van der Waals surface area contributed by atoms with Gasteiger partial charge >= 0.3 is 24.0 Å². The van der Waals surface area contributed by atoms with Crippen LogP contribution in [0.25, 0.3) is 0 Å². The maximum atomic E-state index is 14.4. The number of hydrogen-bond acceptors (Lipinski definition) is 6. The predicted octanol–water partition coefficient (Wildman–Crippen LogP) is 9.78. The number of nitrogen functional groups attached to an aromatic ring is 2. The first-order valence-corrected chi connectivity index (χ1v) is 17.7. The van der Waals surface area contributed by atoms with Crippen LogP contribution < -0.4 is 20.9 Å². The van der Waals surface area contributed by atoms with Crippen molar-refractivity contribution in [2.45, 2.75) is 109 Å². The van der Waals surface area contributed by atoms with Crippen LogP contribution in [0.15, 0.2) is 48.5 Å². The lowest BCUT2D eigenvalue weighted by molar-refractivity contribution is -0.382. The molecule has 1 unspecified atom stereocenters. The molecule has 6 rings (SSSR count). The van der Waals surface area contributed by atoms with Crippen molar-refractivity contribution in [1.82, 2.24) is 0 Å². The molecule has 8 atom stereocenters. The monoisotopic (exact) mass is 692 g/mol. The molecule has 6 nitrogen and oxygen atoms in total. The second kappa shape index (κ2) is 12.8. The number of hydrogen-bond donors (Lipinski definition) is 2. The van der Waals surface area contributed by atoms with Crippen molar-refractivity contribution >= 4 is 17.3 Å². The summed E-state index contributed by atoms with van der Waals surface area (Å²) in [6, 6.07) is 11.6. The number of rotatable bonds is 9. The Morgan fingerprint density at radius 2 is 1.43 bits per heavy atom. The van der Waals surface area contributed by atoms with E-state index in [0.29, 0.717) is 23.2 Å². The zero-order chi connectivity index (χ0) is 35.4. The summed E-state index contributed by atoms with van der Waals surface area (Å²) in [7, 11) is 0. The van der Waals surface area contributed by atoms with Crippen LogP contribution in [-0.4, -0.2) is 24.0 Å². The summed E-state index contributed by atoms with van der Waals surface area (Å²) in [5.74, 6) is -2.75. The highest BCUT2D eigenvalue weighted by Gasteiger charge is 2.66. The van der Waals surface area contributed by atoms with Gasteiger partial charge in [-0.25, -0.2) is 4.79 Å². The summed E-state index contributed by atoms with van der Waals surface area (Å²) in [6.07, 6.45) is -0.743. The van der Waals surface area contributed by atoms with E-state index < -0.39 is 30.0 Å². The van der Waals surface area contributed by atoms with Crippen molar-refractivity contribution < 1.29 is 41.0 Å². The Kier molecular flexibility index (Phi) is 9.31. The Morgan fingerprint density at radius 1 is 0.816 bits per heavy atom. The topological polar surface area (TPSA) is 96.8 Å². The van der Waals surface area contributed by atoms with Crippen molar-refractivity contribution in [1.29, 1.82) is 0 Å². The van der Waals surface area contributed by atoms with Crippen LogP contribution in [-0.2, 0) is 9.53 Å². The van der Waals surface area contributed by atoms with Crippen LogP contribution in [0, 0.1) is 46.3 Å². The number of halogens is 5. The van der Waals surface area contributed by atoms with Gasteiger partial charge in [0, 0.05) is 29.9 Å². The second-order valence-electron chi connectivity index (χ2n) is 15.8. The maximum Gasteiger partial charge on any atom is 0.501 e. The molecular formula is C38H49F5N2O4. The van der Waals surface area contributed by atoms with Crippen molar-refractivity contribution in [3.63, 3.8) is 0 Å².